The molecule has 1 saturated carbocycles. The molecule has 0 radical (unpaired) electrons. The summed E-state index contributed by atoms with van der Waals surface area (Å²) in [6.45, 7) is 0. The van der Waals surface area contributed by atoms with Crippen molar-refractivity contribution < 1.29 is 4.79 Å². The highest BCUT2D eigenvalue weighted by atomic mass is 79.9. The number of nitrogens with one attached hydrogen (secondary N) is 1. The van der Waals surface area contributed by atoms with Crippen LogP contribution >= 0.6 is 15.9 Å². The Morgan fingerprint density at radius 3 is 2.87 bits per heavy atom. The van der Waals surface area contributed by atoms with Gasteiger partial charge in [0.05, 0.1) is 11.2 Å². The van der Waals surface area contributed by atoms with Gasteiger partial charge in [0.25, 0.3) is 0 Å². The van der Waals surface area contributed by atoms with Crippen molar-refractivity contribution in [3.8, 4) is 0 Å². The van der Waals surface area contributed by atoms with E-state index in [-0.39, 0.29) is 5.91 Å². The van der Waals surface area contributed by atoms with Crippen molar-refractivity contribution >= 4 is 27.5 Å². The molecule has 0 unspecified atom stereocenters. The highest BCUT2D eigenvalue weighted by Crippen LogP contribution is 2.31. The number of carbonyl (C=O) groups is 1. The predicted octanol–water partition coefficient (Wildman–Crippen LogP) is 1.66. The minimum atomic E-state index is -0.671. The number of rotatable bonds is 2. The third-order valence-corrected chi connectivity index (χ3v) is 3.34. The van der Waals surface area contributed by atoms with Crippen molar-refractivity contribution in [1.82, 2.24) is 4.98 Å². The van der Waals surface area contributed by atoms with Gasteiger partial charge in [0.1, 0.15) is 4.60 Å². The van der Waals surface area contributed by atoms with Gasteiger partial charge in [0, 0.05) is 6.20 Å². The van der Waals surface area contributed by atoms with Crippen molar-refractivity contribution in [2.75, 3.05) is 5.32 Å². The lowest BCUT2D eigenvalue weighted by Crippen LogP contribution is -2.56. The molecule has 80 valence electrons. The van der Waals surface area contributed by atoms with Crippen LogP contribution in [0.4, 0.5) is 5.69 Å². The molecule has 3 N–H and O–H groups in total. The van der Waals surface area contributed by atoms with Gasteiger partial charge < -0.3 is 11.1 Å². The Morgan fingerprint density at radius 2 is 2.33 bits per heavy atom. The molecule has 0 aliphatic heterocycles. The summed E-state index contributed by atoms with van der Waals surface area (Å²) in [5.74, 6) is -0.123. The van der Waals surface area contributed by atoms with E-state index in [2.05, 4.69) is 26.2 Å². The van der Waals surface area contributed by atoms with Gasteiger partial charge in [-0.25, -0.2) is 4.98 Å². The maximum Gasteiger partial charge on any atom is 0.244 e. The normalized spacial score (nSPS) is 18.0. The number of hydrogen-bond donors (Lipinski definition) is 2. The van der Waals surface area contributed by atoms with Crippen molar-refractivity contribution in [3.05, 3.63) is 22.9 Å². The van der Waals surface area contributed by atoms with E-state index in [1.54, 1.807) is 18.3 Å². The van der Waals surface area contributed by atoms with E-state index in [4.69, 9.17) is 5.73 Å². The average Bonchev–Trinajstić information content (AvgIpc) is 2.18. The minimum Gasteiger partial charge on any atom is -0.322 e. The lowest BCUT2D eigenvalue weighted by atomic mass is 9.77. The van der Waals surface area contributed by atoms with Gasteiger partial charge in [-0.3, -0.25) is 4.79 Å². The third-order valence-electron chi connectivity index (χ3n) is 2.71. The Bertz CT molecular complexity index is 390. The fourth-order valence-electron chi connectivity index (χ4n) is 1.51. The van der Waals surface area contributed by atoms with Crippen molar-refractivity contribution in [2.24, 2.45) is 5.73 Å². The molecule has 1 heterocycles. The molecule has 0 spiro atoms. The van der Waals surface area contributed by atoms with Gasteiger partial charge in [-0.1, -0.05) is 0 Å². The molecule has 5 heteroatoms. The SMILES string of the molecule is NC1(C(=O)Nc2cccnc2Br)CCC1. The third kappa shape index (κ3) is 2.03. The Kier molecular flexibility index (Phi) is 2.75. The topological polar surface area (TPSA) is 68.0 Å². The van der Waals surface area contributed by atoms with Crippen molar-refractivity contribution in [2.45, 2.75) is 24.8 Å². The zero-order valence-electron chi connectivity index (χ0n) is 8.16. The second kappa shape index (κ2) is 3.90. The van der Waals surface area contributed by atoms with Gasteiger partial charge in [0.15, 0.2) is 0 Å². The van der Waals surface area contributed by atoms with Crippen LogP contribution in [-0.4, -0.2) is 16.4 Å². The number of amides is 1. The molecule has 0 saturated heterocycles. The van der Waals surface area contributed by atoms with Crippen LogP contribution in [0.2, 0.25) is 0 Å². The van der Waals surface area contributed by atoms with Gasteiger partial charge in [-0.15, -0.1) is 0 Å². The molecular weight excluding hydrogens is 258 g/mol. The van der Waals surface area contributed by atoms with Crippen LogP contribution in [0, 0.1) is 0 Å². The van der Waals surface area contributed by atoms with E-state index in [1.165, 1.54) is 0 Å². The van der Waals surface area contributed by atoms with E-state index in [1.807, 2.05) is 0 Å². The van der Waals surface area contributed by atoms with E-state index < -0.39 is 5.54 Å². The van der Waals surface area contributed by atoms with Crippen LogP contribution in [0.15, 0.2) is 22.9 Å². The molecule has 2 rings (SSSR count). The Hall–Kier alpha value is -0.940. The van der Waals surface area contributed by atoms with Crippen molar-refractivity contribution in [3.63, 3.8) is 0 Å². The number of hydrogen-bond acceptors (Lipinski definition) is 3. The van der Waals surface area contributed by atoms with Crippen LogP contribution in [0.1, 0.15) is 19.3 Å². The number of aromatic nitrogens is 1. The minimum absolute atomic E-state index is 0.123. The van der Waals surface area contributed by atoms with Gasteiger partial charge in [-0.05, 0) is 47.3 Å². The van der Waals surface area contributed by atoms with E-state index in [9.17, 15) is 4.79 Å². The fraction of sp³-hybridized carbons (Fsp3) is 0.400. The van der Waals surface area contributed by atoms with E-state index in [0.29, 0.717) is 10.3 Å². The zero-order valence-corrected chi connectivity index (χ0v) is 9.75. The zero-order chi connectivity index (χ0) is 10.9. The summed E-state index contributed by atoms with van der Waals surface area (Å²) in [6.07, 6.45) is 4.20. The highest BCUT2D eigenvalue weighted by Gasteiger charge is 2.40. The van der Waals surface area contributed by atoms with Crippen LogP contribution < -0.4 is 11.1 Å². The van der Waals surface area contributed by atoms with Crippen LogP contribution in [0.3, 0.4) is 0 Å². The van der Waals surface area contributed by atoms with Crippen molar-refractivity contribution in [1.29, 1.82) is 0 Å². The number of carbonyl (C=O) groups excluding carboxylic acids is 1. The van der Waals surface area contributed by atoms with Crippen LogP contribution in [-0.2, 0) is 4.79 Å². The number of pyridine rings is 1. The largest absolute Gasteiger partial charge is 0.322 e. The lowest BCUT2D eigenvalue weighted by molar-refractivity contribution is -0.123. The number of halogens is 1. The summed E-state index contributed by atoms with van der Waals surface area (Å²) in [6, 6.07) is 3.56. The molecule has 0 aromatic carbocycles. The maximum absolute atomic E-state index is 11.8. The first-order valence-electron chi connectivity index (χ1n) is 4.83. The molecular formula is C10H12BrN3O. The monoisotopic (exact) mass is 269 g/mol. The molecule has 4 nitrogen and oxygen atoms in total. The first-order chi connectivity index (χ1) is 7.12. The van der Waals surface area contributed by atoms with E-state index >= 15 is 0 Å². The summed E-state index contributed by atoms with van der Waals surface area (Å²) in [4.78, 5) is 15.8. The summed E-state index contributed by atoms with van der Waals surface area (Å²) in [5.41, 5.74) is 5.89. The number of nitrogens with zero attached hydrogens (tertiary/aromatic N) is 1. The Labute approximate surface area is 96.4 Å². The van der Waals surface area contributed by atoms with Gasteiger partial charge in [0.2, 0.25) is 5.91 Å². The lowest BCUT2D eigenvalue weighted by Gasteiger charge is -2.36. The number of nitrogens with two attached hydrogens (primary N) is 1. The molecule has 1 aromatic rings. The molecule has 15 heavy (non-hydrogen) atoms. The quantitative estimate of drug-likeness (QED) is 0.803. The van der Waals surface area contributed by atoms with Gasteiger partial charge in [-0.2, -0.15) is 0 Å². The summed E-state index contributed by atoms with van der Waals surface area (Å²) < 4.78 is 0.626. The fourth-order valence-corrected chi connectivity index (χ4v) is 1.86. The first-order valence-corrected chi connectivity index (χ1v) is 5.62. The van der Waals surface area contributed by atoms with Crippen LogP contribution in [0.5, 0.6) is 0 Å². The van der Waals surface area contributed by atoms with E-state index in [0.717, 1.165) is 19.3 Å². The second-order valence-electron chi connectivity index (χ2n) is 3.81. The number of anilines is 1. The van der Waals surface area contributed by atoms with Gasteiger partial charge >= 0.3 is 0 Å². The average molecular weight is 270 g/mol. The molecule has 0 bridgehead atoms. The Balaban J connectivity index is 2.09. The Morgan fingerprint density at radius 1 is 1.60 bits per heavy atom. The molecule has 1 amide bonds. The molecule has 1 aliphatic carbocycles. The second-order valence-corrected chi connectivity index (χ2v) is 4.56. The summed E-state index contributed by atoms with van der Waals surface area (Å²) in [7, 11) is 0. The van der Waals surface area contributed by atoms with Crippen LogP contribution in [0.25, 0.3) is 0 Å². The standard InChI is InChI=1S/C10H12BrN3O/c11-8-7(3-1-6-13-8)14-9(15)10(12)4-2-5-10/h1,3,6H,2,4-5,12H2,(H,14,15). The molecule has 0 atom stereocenters. The maximum atomic E-state index is 11.8. The predicted molar refractivity (Wildman–Crippen MR) is 61.3 cm³/mol. The smallest absolute Gasteiger partial charge is 0.244 e. The highest BCUT2D eigenvalue weighted by molar-refractivity contribution is 9.10. The summed E-state index contributed by atoms with van der Waals surface area (Å²) >= 11 is 3.26. The molecule has 1 aliphatic rings. The molecule has 1 fully saturated rings. The molecule has 1 aromatic heterocycles. The first kappa shape index (κ1) is 10.6. The summed E-state index contributed by atoms with van der Waals surface area (Å²) in [5, 5.41) is 2.78.